The van der Waals surface area contributed by atoms with Crippen molar-refractivity contribution in [3.05, 3.63) is 95.3 Å². The van der Waals surface area contributed by atoms with Crippen molar-refractivity contribution in [2.45, 2.75) is 53.9 Å². The summed E-state index contributed by atoms with van der Waals surface area (Å²) in [7, 11) is 0. The second kappa shape index (κ2) is 14.3. The first-order chi connectivity index (χ1) is 20.5. The van der Waals surface area contributed by atoms with E-state index < -0.39 is 23.6 Å². The number of carbonyl (C=O) groups excluding carboxylic acids is 3. The van der Waals surface area contributed by atoms with Gasteiger partial charge in [0.15, 0.2) is 5.78 Å². The Morgan fingerprint density at radius 2 is 1.41 bits per heavy atom. The quantitative estimate of drug-likeness (QED) is 0.143. The molecule has 1 atom stereocenters. The van der Waals surface area contributed by atoms with Crippen LogP contribution in [0, 0.1) is 33.6 Å². The van der Waals surface area contributed by atoms with Crippen molar-refractivity contribution in [2.24, 2.45) is 5.92 Å². The summed E-state index contributed by atoms with van der Waals surface area (Å²) in [5.74, 6) is -5.08. The van der Waals surface area contributed by atoms with Crippen LogP contribution >= 0.6 is 0 Å². The molecule has 0 aromatic carbocycles. The van der Waals surface area contributed by atoms with Gasteiger partial charge in [-0.15, -0.1) is 44.2 Å². The number of carboxylic acids is 2. The average Bonchev–Trinajstić information content (AvgIpc) is 3.68. The molecule has 2 aliphatic rings. The van der Waals surface area contributed by atoms with Crippen LogP contribution in [0.3, 0.4) is 0 Å². The van der Waals surface area contributed by atoms with Gasteiger partial charge in [-0.3, -0.25) is 4.79 Å². The molecule has 46 heavy (non-hydrogen) atoms. The standard InChI is InChI=1S/C34H33N4O5.Cu.2Na/c1-7-18-14(3)21-11-23-16(5)20(9-10-27(39)40)31(37-23)29-30(34(42)43)33(41)28-17(6)24(38-32(28)29)13-26-19(8-2)15(4)22(36-26)12-25(18)35-21;;;/h7,11-13,30H,1,8-10H2,2-6H3,(H5-,35,36,37,38,39,40,41,42,43);;;/q-1;;2*+1/p-5/b21-11+,22-12?,23-11?,24-13-,25-12-,26-13?,31-29?;;;. The summed E-state index contributed by atoms with van der Waals surface area (Å²) >= 11 is 0. The molecule has 0 amide bonds. The van der Waals surface area contributed by atoms with E-state index >= 15 is 0 Å². The van der Waals surface area contributed by atoms with E-state index in [-0.39, 0.29) is 111 Å². The third-order valence-corrected chi connectivity index (χ3v) is 8.78. The minimum Gasteiger partial charge on any atom is -0.657 e. The molecule has 0 N–H and O–H groups in total. The summed E-state index contributed by atoms with van der Waals surface area (Å²) in [6, 6.07) is 0. The Bertz CT molecular complexity index is 2180. The van der Waals surface area contributed by atoms with Crippen molar-refractivity contribution in [1.29, 1.82) is 0 Å². The van der Waals surface area contributed by atoms with Gasteiger partial charge in [0.1, 0.15) is 0 Å². The Hall–Kier alpha value is -2.53. The van der Waals surface area contributed by atoms with E-state index in [4.69, 9.17) is 19.9 Å². The fourth-order valence-electron chi connectivity index (χ4n) is 6.42. The van der Waals surface area contributed by atoms with Crippen molar-refractivity contribution < 1.29 is 101 Å². The number of carbonyl (C=O) groups is 3. The van der Waals surface area contributed by atoms with Gasteiger partial charge in [0.05, 0.1) is 11.9 Å². The Balaban J connectivity index is 0.00000192. The topological polar surface area (TPSA) is 154 Å². The molecule has 4 aromatic heterocycles. The van der Waals surface area contributed by atoms with Crippen LogP contribution in [0.5, 0.6) is 0 Å². The number of nitrogens with zero attached hydrogens (tertiary/aromatic N) is 4. The Morgan fingerprint density at radius 1 is 0.826 bits per heavy atom. The molecule has 9 nitrogen and oxygen atoms in total. The Labute approximate surface area is 320 Å². The van der Waals surface area contributed by atoms with E-state index in [2.05, 4.69) is 6.58 Å². The molecule has 0 spiro atoms. The third-order valence-electron chi connectivity index (χ3n) is 8.78. The third kappa shape index (κ3) is 5.99. The number of rotatable bonds is 6. The van der Waals surface area contributed by atoms with Gasteiger partial charge in [-0.05, 0) is 52.5 Å². The Morgan fingerprint density at radius 3 is 2.02 bits per heavy atom. The van der Waals surface area contributed by atoms with Gasteiger partial charge in [-0.1, -0.05) is 76.8 Å². The number of aliphatic carboxylic acids is 2. The van der Waals surface area contributed by atoms with Crippen molar-refractivity contribution in [1.82, 2.24) is 19.9 Å². The molecular formula is C34H28CuN4Na2O5-4. The predicted molar refractivity (Wildman–Crippen MR) is 155 cm³/mol. The van der Waals surface area contributed by atoms with E-state index in [0.29, 0.717) is 50.5 Å². The number of aromatic nitrogens is 4. The number of fused-ring (bicyclic) bond motifs is 8. The summed E-state index contributed by atoms with van der Waals surface area (Å²) in [4.78, 5) is 57.1. The summed E-state index contributed by atoms with van der Waals surface area (Å²) < 4.78 is 0. The normalized spacial score (nSPS) is 16.5. The molecule has 0 saturated heterocycles. The first-order valence-corrected chi connectivity index (χ1v) is 14.1. The summed E-state index contributed by atoms with van der Waals surface area (Å²) in [6.45, 7) is 13.5. The van der Waals surface area contributed by atoms with Crippen LogP contribution < -0.4 is 111 Å². The maximum atomic E-state index is 13.7. The smallest absolute Gasteiger partial charge is 0.657 e. The number of carboxylic acid groups (broad SMARTS) is 2. The molecular weight excluding hydrogens is 654 g/mol. The van der Waals surface area contributed by atoms with Gasteiger partial charge in [0.25, 0.3) is 0 Å². The van der Waals surface area contributed by atoms with E-state index in [1.165, 1.54) is 0 Å². The van der Waals surface area contributed by atoms with E-state index in [1.54, 1.807) is 26.0 Å². The van der Waals surface area contributed by atoms with Gasteiger partial charge in [-0.25, -0.2) is 0 Å². The van der Waals surface area contributed by atoms with Crippen LogP contribution in [-0.2, 0) is 39.5 Å². The predicted octanol–water partition coefficient (Wildman–Crippen LogP) is -7.80. The van der Waals surface area contributed by atoms with Crippen LogP contribution in [0.25, 0.3) is 29.9 Å². The first kappa shape index (κ1) is 37.9. The van der Waals surface area contributed by atoms with Crippen LogP contribution in [-0.4, -0.2) is 17.7 Å². The molecule has 1 aliphatic heterocycles. The molecule has 12 heteroatoms. The maximum absolute atomic E-state index is 13.7. The van der Waals surface area contributed by atoms with Crippen molar-refractivity contribution in [2.75, 3.05) is 0 Å². The molecule has 1 aliphatic carbocycles. The zero-order chi connectivity index (χ0) is 30.9. The molecule has 0 saturated carbocycles. The number of hydrogen-bond acceptors (Lipinski definition) is 5. The molecule has 8 bridgehead atoms. The van der Waals surface area contributed by atoms with Crippen molar-refractivity contribution in [3.8, 4) is 0 Å². The zero-order valence-electron chi connectivity index (χ0n) is 26.8. The van der Waals surface area contributed by atoms with Gasteiger partial charge in [0, 0.05) is 28.6 Å². The van der Waals surface area contributed by atoms with Crippen LogP contribution in [0.15, 0.2) is 6.58 Å². The fourth-order valence-corrected chi connectivity index (χ4v) is 6.42. The molecule has 4 aromatic rings. The monoisotopic (exact) mass is 681 g/mol. The largest absolute Gasteiger partial charge is 1.00 e. The maximum Gasteiger partial charge on any atom is 1.00 e. The van der Waals surface area contributed by atoms with Crippen molar-refractivity contribution >= 4 is 47.6 Å². The van der Waals surface area contributed by atoms with E-state index in [0.717, 1.165) is 27.9 Å². The molecule has 5 heterocycles. The van der Waals surface area contributed by atoms with Crippen molar-refractivity contribution in [3.63, 3.8) is 0 Å². The van der Waals surface area contributed by atoms with Crippen LogP contribution in [0.2, 0.25) is 0 Å². The van der Waals surface area contributed by atoms with Gasteiger partial charge >= 0.3 is 59.1 Å². The van der Waals surface area contributed by atoms with Crippen LogP contribution in [0.1, 0.15) is 85.4 Å². The molecule has 231 valence electrons. The minimum atomic E-state index is -1.63. The van der Waals surface area contributed by atoms with Gasteiger partial charge in [0.2, 0.25) is 0 Å². The summed E-state index contributed by atoms with van der Waals surface area (Å²) in [6.07, 6.45) is 7.72. The van der Waals surface area contributed by atoms with E-state index in [1.807, 2.05) is 32.9 Å². The summed E-state index contributed by atoms with van der Waals surface area (Å²) in [5, 5.41) is 26.0. The van der Waals surface area contributed by atoms with Gasteiger partial charge in [-0.2, -0.15) is 0 Å². The second-order valence-electron chi connectivity index (χ2n) is 11.1. The van der Waals surface area contributed by atoms with Gasteiger partial charge < -0.3 is 39.7 Å². The second-order valence-corrected chi connectivity index (χ2v) is 11.1. The zero-order valence-corrected chi connectivity index (χ0v) is 31.8. The number of ketones is 1. The molecule has 1 radical (unpaired) electrons. The minimum absolute atomic E-state index is 0. The molecule has 0 fully saturated rings. The molecule has 6 rings (SSSR count). The summed E-state index contributed by atoms with van der Waals surface area (Å²) in [5.41, 5.74) is 7.94. The number of hydrogen-bond donors (Lipinski definition) is 0. The fraction of sp³-hybridized carbons (Fsp3) is 0.265. The Kier molecular flexibility index (Phi) is 11.8. The molecule has 1 unspecified atom stereocenters. The average molecular weight is 682 g/mol. The van der Waals surface area contributed by atoms with E-state index in [9.17, 15) is 24.6 Å². The van der Waals surface area contributed by atoms with Crippen LogP contribution in [0.4, 0.5) is 0 Å². The first-order valence-electron chi connectivity index (χ1n) is 14.1. The number of Topliss-reactive ketones (excluding diaryl/α,β-unsaturated/α-hetero) is 1. The SMILES string of the molecule is C=Cc1c(C)/c2[n-]/c1=C\c1[n-]c(c(CC)c1C)/C=c1\[n-]c3c(c1C)C(=O)C(C(=O)[O-])C=3c1[n-]c(c(C)c1CCC(=O)[O-])/C=2.[Cu].[Na+].[Na+].